The fourth-order valence-electron chi connectivity index (χ4n) is 3.15. The molecule has 0 spiro atoms. The number of para-hydroxylation sites is 2. The number of aromatic nitrogens is 1. The molecule has 0 saturated carbocycles. The molecule has 6 heteroatoms. The van der Waals surface area contributed by atoms with Crippen molar-refractivity contribution in [2.24, 2.45) is 7.05 Å². The molecule has 0 fully saturated rings. The molecule has 1 aromatic heterocycles. The Morgan fingerprint density at radius 1 is 0.615 bits per heavy atom. The van der Waals surface area contributed by atoms with Crippen molar-refractivity contribution in [3.05, 3.63) is 78.9 Å². The maximum Gasteiger partial charge on any atom is 0.673 e. The van der Waals surface area contributed by atoms with E-state index in [-0.39, 0.29) is 0 Å². The molecule has 0 atom stereocenters. The minimum atomic E-state index is -6.00. The van der Waals surface area contributed by atoms with Crippen molar-refractivity contribution in [2.75, 3.05) is 0 Å². The van der Waals surface area contributed by atoms with Crippen molar-refractivity contribution in [1.82, 2.24) is 0 Å². The van der Waals surface area contributed by atoms with Gasteiger partial charge in [-0.25, -0.2) is 0 Å². The summed E-state index contributed by atoms with van der Waals surface area (Å²) in [6.07, 6.45) is 0. The maximum atomic E-state index is 9.75. The van der Waals surface area contributed by atoms with E-state index in [2.05, 4.69) is 90.5 Å². The van der Waals surface area contributed by atoms with Crippen LogP contribution in [0, 0.1) is 0 Å². The molecule has 0 aliphatic carbocycles. The molecule has 3 aromatic carbocycles. The number of aryl methyl sites for hydroxylation is 1. The molecule has 0 saturated heterocycles. The monoisotopic (exact) mass is 357 g/mol. The zero-order chi connectivity index (χ0) is 18.7. The Morgan fingerprint density at radius 2 is 1.00 bits per heavy atom. The number of pyridine rings is 1. The second kappa shape index (κ2) is 7.16. The minimum Gasteiger partial charge on any atom is -0.418 e. The van der Waals surface area contributed by atoms with E-state index >= 15 is 0 Å². The largest absolute Gasteiger partial charge is 0.673 e. The van der Waals surface area contributed by atoms with Crippen LogP contribution in [0.4, 0.5) is 17.3 Å². The van der Waals surface area contributed by atoms with E-state index in [0.717, 1.165) is 0 Å². The topological polar surface area (TPSA) is 3.88 Å². The molecule has 4 rings (SSSR count). The Hall–Kier alpha value is -2.89. The molecule has 132 valence electrons. The molecule has 0 aliphatic rings. The molecule has 0 unspecified atom stereocenters. The lowest BCUT2D eigenvalue weighted by Gasteiger charge is -2.10. The van der Waals surface area contributed by atoms with Gasteiger partial charge in [-0.15, -0.1) is 0 Å². The van der Waals surface area contributed by atoms with Gasteiger partial charge >= 0.3 is 7.25 Å². The van der Waals surface area contributed by atoms with E-state index in [1.165, 1.54) is 32.9 Å². The van der Waals surface area contributed by atoms with Crippen molar-refractivity contribution in [1.29, 1.82) is 0 Å². The SMILES string of the molecule is C[n+]1c2ccccc2c(-c2ccccc2)c2ccccc21.F[B-](F)(F)F. The van der Waals surface area contributed by atoms with Gasteiger partial charge in [-0.2, -0.15) is 4.57 Å². The fourth-order valence-corrected chi connectivity index (χ4v) is 3.15. The summed E-state index contributed by atoms with van der Waals surface area (Å²) in [7, 11) is -3.86. The molecule has 0 N–H and O–H groups in total. The lowest BCUT2D eigenvalue weighted by atomic mass is 9.96. The highest BCUT2D eigenvalue weighted by atomic mass is 19.5. The number of fused-ring (bicyclic) bond motifs is 2. The number of halogens is 4. The Morgan fingerprint density at radius 3 is 1.46 bits per heavy atom. The summed E-state index contributed by atoms with van der Waals surface area (Å²) in [5.41, 5.74) is 5.11. The summed E-state index contributed by atoms with van der Waals surface area (Å²) in [4.78, 5) is 0. The zero-order valence-electron chi connectivity index (χ0n) is 14.0. The Labute approximate surface area is 148 Å². The quantitative estimate of drug-likeness (QED) is 0.176. The van der Waals surface area contributed by atoms with E-state index in [9.17, 15) is 17.3 Å². The Balaban J connectivity index is 0.000000349. The highest BCUT2D eigenvalue weighted by molar-refractivity contribution is 6.50. The molecular weight excluding hydrogens is 341 g/mol. The summed E-state index contributed by atoms with van der Waals surface area (Å²) in [5, 5.41) is 2.59. The van der Waals surface area contributed by atoms with Crippen LogP contribution in [0.3, 0.4) is 0 Å². The van der Waals surface area contributed by atoms with Crippen LogP contribution in [0.1, 0.15) is 0 Å². The second-order valence-electron chi connectivity index (χ2n) is 5.83. The molecule has 0 bridgehead atoms. The van der Waals surface area contributed by atoms with Gasteiger partial charge in [-0.1, -0.05) is 54.6 Å². The minimum absolute atomic E-state index is 1.26. The third-order valence-electron chi connectivity index (χ3n) is 4.13. The van der Waals surface area contributed by atoms with Crippen molar-refractivity contribution in [3.63, 3.8) is 0 Å². The van der Waals surface area contributed by atoms with E-state index < -0.39 is 7.25 Å². The molecule has 1 nitrogen and oxygen atoms in total. The van der Waals surface area contributed by atoms with E-state index in [0.29, 0.717) is 0 Å². The number of rotatable bonds is 1. The van der Waals surface area contributed by atoms with Gasteiger partial charge in [0.25, 0.3) is 0 Å². The first-order valence-corrected chi connectivity index (χ1v) is 8.08. The first-order valence-electron chi connectivity index (χ1n) is 8.08. The van der Waals surface area contributed by atoms with E-state index in [1.807, 2.05) is 0 Å². The van der Waals surface area contributed by atoms with Gasteiger partial charge in [-0.05, 0) is 17.7 Å². The van der Waals surface area contributed by atoms with Crippen molar-refractivity contribution < 1.29 is 21.8 Å². The summed E-state index contributed by atoms with van der Waals surface area (Å²) >= 11 is 0. The first-order chi connectivity index (χ1) is 12.4. The van der Waals surface area contributed by atoms with Crippen LogP contribution in [0.15, 0.2) is 78.9 Å². The van der Waals surface area contributed by atoms with Crippen LogP contribution in [-0.2, 0) is 7.05 Å². The fraction of sp³-hybridized carbons (Fsp3) is 0.0500. The third-order valence-corrected chi connectivity index (χ3v) is 4.13. The normalized spacial score (nSPS) is 11.3. The molecule has 0 aliphatic heterocycles. The van der Waals surface area contributed by atoms with Crippen molar-refractivity contribution >= 4 is 29.1 Å². The predicted octanol–water partition coefficient (Wildman–Crippen LogP) is 5.78. The summed E-state index contributed by atoms with van der Waals surface area (Å²) in [5.74, 6) is 0. The van der Waals surface area contributed by atoms with Crippen molar-refractivity contribution in [2.45, 2.75) is 0 Å². The van der Waals surface area contributed by atoms with Gasteiger partial charge < -0.3 is 17.3 Å². The Bertz CT molecular complexity index is 983. The van der Waals surface area contributed by atoms with E-state index in [4.69, 9.17) is 0 Å². The molecule has 4 aromatic rings. The average Bonchev–Trinajstić information content (AvgIpc) is 2.62. The van der Waals surface area contributed by atoms with Gasteiger partial charge in [0.15, 0.2) is 0 Å². The lowest BCUT2D eigenvalue weighted by Crippen LogP contribution is -2.30. The molecule has 26 heavy (non-hydrogen) atoms. The number of nitrogens with zero attached hydrogens (tertiary/aromatic N) is 1. The highest BCUT2D eigenvalue weighted by Crippen LogP contribution is 2.33. The van der Waals surface area contributed by atoms with Crippen LogP contribution in [0.25, 0.3) is 32.9 Å². The van der Waals surface area contributed by atoms with Crippen LogP contribution < -0.4 is 4.57 Å². The standard InChI is InChI=1S/C20H16N.BF4/c1-21-18-13-7-5-11-16(18)20(15-9-3-2-4-10-15)17-12-6-8-14-19(17)21;2-1(3,4)5/h2-14H,1H3;/q+1;-1. The average molecular weight is 357 g/mol. The smallest absolute Gasteiger partial charge is 0.418 e. The highest BCUT2D eigenvalue weighted by Gasteiger charge is 2.20. The Kier molecular flexibility index (Phi) is 4.93. The van der Waals surface area contributed by atoms with Gasteiger partial charge in [0, 0.05) is 17.7 Å². The number of hydrogen-bond donors (Lipinski definition) is 0. The number of hydrogen-bond acceptors (Lipinski definition) is 0. The van der Waals surface area contributed by atoms with Crippen LogP contribution >= 0.6 is 0 Å². The van der Waals surface area contributed by atoms with Crippen LogP contribution in [0.5, 0.6) is 0 Å². The van der Waals surface area contributed by atoms with Gasteiger partial charge in [-0.3, -0.25) is 0 Å². The predicted molar refractivity (Wildman–Crippen MR) is 98.3 cm³/mol. The zero-order valence-corrected chi connectivity index (χ0v) is 14.0. The van der Waals surface area contributed by atoms with Crippen molar-refractivity contribution in [3.8, 4) is 11.1 Å². The summed E-state index contributed by atoms with van der Waals surface area (Å²) in [6.45, 7) is 0. The number of benzene rings is 3. The maximum absolute atomic E-state index is 9.75. The van der Waals surface area contributed by atoms with Gasteiger partial charge in [0.2, 0.25) is 11.0 Å². The molecule has 0 radical (unpaired) electrons. The van der Waals surface area contributed by atoms with Crippen LogP contribution in [-0.4, -0.2) is 7.25 Å². The lowest BCUT2D eigenvalue weighted by molar-refractivity contribution is -0.617. The van der Waals surface area contributed by atoms with Gasteiger partial charge in [0.1, 0.15) is 7.05 Å². The third kappa shape index (κ3) is 3.85. The molecule has 0 amide bonds. The van der Waals surface area contributed by atoms with Crippen LogP contribution in [0.2, 0.25) is 0 Å². The van der Waals surface area contributed by atoms with Gasteiger partial charge in [0.05, 0.1) is 10.8 Å². The molecule has 1 heterocycles. The summed E-state index contributed by atoms with van der Waals surface area (Å²) < 4.78 is 41.3. The summed E-state index contributed by atoms with van der Waals surface area (Å²) in [6, 6.07) is 27.9. The van der Waals surface area contributed by atoms with E-state index in [1.54, 1.807) is 0 Å². The molecular formula is C20H16BF4N. The second-order valence-corrected chi connectivity index (χ2v) is 5.83. The first kappa shape index (κ1) is 17.9.